The van der Waals surface area contributed by atoms with Gasteiger partial charge in [0.2, 0.25) is 5.91 Å². The molecule has 0 spiro atoms. The van der Waals surface area contributed by atoms with Crippen molar-refractivity contribution in [3.63, 3.8) is 0 Å². The van der Waals surface area contributed by atoms with E-state index in [-0.39, 0.29) is 42.5 Å². The van der Waals surface area contributed by atoms with Crippen molar-refractivity contribution < 1.29 is 33.8 Å². The molecular weight excluding hydrogens is 552 g/mol. The molecule has 2 aliphatic carbocycles. The van der Waals surface area contributed by atoms with Crippen LogP contribution in [-0.4, -0.2) is 76.1 Å². The van der Waals surface area contributed by atoms with Crippen molar-refractivity contribution in [1.82, 2.24) is 20.5 Å². The minimum Gasteiger partial charge on any atom is -0.482 e. The zero-order chi connectivity index (χ0) is 30.1. The Bertz CT molecular complexity index is 1370. The molecule has 2 aromatic rings. The zero-order valence-corrected chi connectivity index (χ0v) is 24.3. The molecule has 4 aliphatic rings. The molecule has 43 heavy (non-hydrogen) atoms. The van der Waals surface area contributed by atoms with Crippen LogP contribution in [0.5, 0.6) is 5.75 Å². The number of esters is 1. The van der Waals surface area contributed by atoms with Gasteiger partial charge in [-0.1, -0.05) is 24.3 Å². The number of carbonyl (C=O) groups is 4. The Morgan fingerprint density at radius 2 is 1.88 bits per heavy atom. The van der Waals surface area contributed by atoms with Crippen LogP contribution in [0.2, 0.25) is 0 Å². The predicted molar refractivity (Wildman–Crippen MR) is 154 cm³/mol. The second-order valence-corrected chi connectivity index (χ2v) is 12.3. The van der Waals surface area contributed by atoms with Crippen molar-refractivity contribution in [3.8, 4) is 5.75 Å². The first-order chi connectivity index (χ1) is 20.7. The highest BCUT2D eigenvalue weighted by Gasteiger charge is 2.48. The van der Waals surface area contributed by atoms with Crippen molar-refractivity contribution in [1.29, 1.82) is 0 Å². The minimum atomic E-state index is -1.29. The number of amides is 3. The Morgan fingerprint density at radius 1 is 1.12 bits per heavy atom. The van der Waals surface area contributed by atoms with E-state index in [1.165, 1.54) is 24.6 Å². The summed E-state index contributed by atoms with van der Waals surface area (Å²) in [6, 6.07) is 10.8. The molecular formula is C32H38N4O7. The first-order valence-electron chi connectivity index (χ1n) is 15.2. The van der Waals surface area contributed by atoms with Crippen LogP contribution in [0, 0.1) is 5.92 Å². The lowest BCUT2D eigenvalue weighted by molar-refractivity contribution is -0.138. The molecule has 11 nitrogen and oxygen atoms in total. The summed E-state index contributed by atoms with van der Waals surface area (Å²) in [6.45, 7) is 2.91. The number of hydrogen-bond donors (Lipinski definition) is 3. The Labute approximate surface area is 250 Å². The zero-order valence-electron chi connectivity index (χ0n) is 24.3. The third-order valence-electron chi connectivity index (χ3n) is 8.78. The second-order valence-electron chi connectivity index (χ2n) is 12.3. The highest BCUT2D eigenvalue weighted by Crippen LogP contribution is 2.40. The summed E-state index contributed by atoms with van der Waals surface area (Å²) in [6.07, 6.45) is 5.81. The Balaban J connectivity index is 1.09. The number of ether oxygens (including phenoxy) is 2. The predicted octanol–water partition coefficient (Wildman–Crippen LogP) is 2.39. The fourth-order valence-electron chi connectivity index (χ4n) is 5.81. The Kier molecular flexibility index (Phi) is 8.09. The summed E-state index contributed by atoms with van der Waals surface area (Å²) < 4.78 is 11.3. The highest BCUT2D eigenvalue weighted by atomic mass is 16.5. The number of benzene rings is 1. The SMILES string of the molecule is C[C@H](NC(=O)C1(O)CC1)[C@H](Oc1ccc(C(=O)N[C@H]2CCCN(C(=O)[C@H]3COC(=O)C3)C2)nc1)c1ccc(C2CC2)cc1. The first kappa shape index (κ1) is 29.1. The van der Waals surface area contributed by atoms with E-state index < -0.39 is 29.6 Å². The summed E-state index contributed by atoms with van der Waals surface area (Å²) in [5.41, 5.74) is 1.09. The van der Waals surface area contributed by atoms with E-state index >= 15 is 0 Å². The van der Waals surface area contributed by atoms with Gasteiger partial charge in [0, 0.05) is 19.1 Å². The molecule has 1 aromatic carbocycles. The van der Waals surface area contributed by atoms with Crippen LogP contribution in [0.25, 0.3) is 0 Å². The van der Waals surface area contributed by atoms with Gasteiger partial charge in [-0.25, -0.2) is 4.98 Å². The highest BCUT2D eigenvalue weighted by molar-refractivity contribution is 5.92. The van der Waals surface area contributed by atoms with Crippen LogP contribution in [0.15, 0.2) is 42.6 Å². The van der Waals surface area contributed by atoms with Crippen LogP contribution in [0.4, 0.5) is 0 Å². The molecule has 0 bridgehead atoms. The van der Waals surface area contributed by atoms with E-state index in [2.05, 4.69) is 27.8 Å². The molecule has 0 unspecified atom stereocenters. The molecule has 228 valence electrons. The maximum absolute atomic E-state index is 13.0. The van der Waals surface area contributed by atoms with Gasteiger partial charge >= 0.3 is 5.97 Å². The van der Waals surface area contributed by atoms with Crippen molar-refractivity contribution in [2.75, 3.05) is 19.7 Å². The Hall–Kier alpha value is -3.99. The number of aliphatic hydroxyl groups is 1. The third-order valence-corrected chi connectivity index (χ3v) is 8.78. The van der Waals surface area contributed by atoms with Gasteiger partial charge in [0.05, 0.1) is 24.6 Å². The number of aromatic nitrogens is 1. The molecule has 11 heteroatoms. The molecule has 3 N–H and O–H groups in total. The summed E-state index contributed by atoms with van der Waals surface area (Å²) in [5.74, 6) is -0.628. The fraction of sp³-hybridized carbons (Fsp3) is 0.531. The average Bonchev–Trinajstić information content (AvgIpc) is 3.95. The van der Waals surface area contributed by atoms with Gasteiger partial charge in [-0.3, -0.25) is 19.2 Å². The molecule has 6 rings (SSSR count). The number of cyclic esters (lactones) is 1. The van der Waals surface area contributed by atoms with Crippen LogP contribution in [-0.2, 0) is 19.1 Å². The maximum atomic E-state index is 13.0. The number of hydrogen-bond acceptors (Lipinski definition) is 8. The van der Waals surface area contributed by atoms with Crippen LogP contribution < -0.4 is 15.4 Å². The monoisotopic (exact) mass is 590 g/mol. The van der Waals surface area contributed by atoms with Gasteiger partial charge in [-0.2, -0.15) is 0 Å². The van der Waals surface area contributed by atoms with Gasteiger partial charge < -0.3 is 30.1 Å². The lowest BCUT2D eigenvalue weighted by Gasteiger charge is -2.34. The summed E-state index contributed by atoms with van der Waals surface area (Å²) in [4.78, 5) is 55.9. The molecule has 4 fully saturated rings. The number of pyridine rings is 1. The first-order valence-corrected chi connectivity index (χ1v) is 15.2. The lowest BCUT2D eigenvalue weighted by atomic mass is 10.00. The van der Waals surface area contributed by atoms with E-state index in [0.717, 1.165) is 18.4 Å². The molecule has 3 amide bonds. The van der Waals surface area contributed by atoms with E-state index in [1.54, 1.807) is 17.0 Å². The largest absolute Gasteiger partial charge is 0.482 e. The number of likely N-dealkylation sites (tertiary alicyclic amines) is 1. The molecule has 4 atom stereocenters. The van der Waals surface area contributed by atoms with Gasteiger partial charge in [0.15, 0.2) is 0 Å². The lowest BCUT2D eigenvalue weighted by Crippen LogP contribution is -2.51. The smallest absolute Gasteiger partial charge is 0.306 e. The fourth-order valence-corrected chi connectivity index (χ4v) is 5.81. The normalized spacial score (nSPS) is 24.0. The van der Waals surface area contributed by atoms with Crippen LogP contribution in [0.1, 0.15) is 85.5 Å². The van der Waals surface area contributed by atoms with Gasteiger partial charge in [-0.15, -0.1) is 0 Å². The van der Waals surface area contributed by atoms with Gasteiger partial charge in [-0.05, 0) is 74.6 Å². The average molecular weight is 591 g/mol. The second kappa shape index (κ2) is 11.9. The number of nitrogens with one attached hydrogen (secondary N) is 2. The number of rotatable bonds is 10. The van der Waals surface area contributed by atoms with E-state index in [4.69, 9.17) is 9.47 Å². The van der Waals surface area contributed by atoms with Crippen LogP contribution >= 0.6 is 0 Å². The van der Waals surface area contributed by atoms with Gasteiger partial charge in [0.1, 0.15) is 29.8 Å². The number of nitrogens with zero attached hydrogens (tertiary/aromatic N) is 2. The minimum absolute atomic E-state index is 0.102. The maximum Gasteiger partial charge on any atom is 0.306 e. The molecule has 0 radical (unpaired) electrons. The van der Waals surface area contributed by atoms with Crippen molar-refractivity contribution in [3.05, 3.63) is 59.4 Å². The Morgan fingerprint density at radius 3 is 2.51 bits per heavy atom. The van der Waals surface area contributed by atoms with E-state index in [1.807, 2.05) is 19.1 Å². The van der Waals surface area contributed by atoms with Crippen molar-refractivity contribution in [2.24, 2.45) is 5.92 Å². The van der Waals surface area contributed by atoms with Crippen molar-refractivity contribution >= 4 is 23.7 Å². The molecule has 3 heterocycles. The van der Waals surface area contributed by atoms with Crippen LogP contribution in [0.3, 0.4) is 0 Å². The van der Waals surface area contributed by atoms with E-state index in [0.29, 0.717) is 37.6 Å². The summed E-state index contributed by atoms with van der Waals surface area (Å²) >= 11 is 0. The topological polar surface area (TPSA) is 147 Å². The standard InChI is InChI=1S/C32H38N4O7/c1-19(34-31(40)32(41)12-13-32)28(22-8-6-21(7-9-22)20-4-5-20)43-25-10-11-26(33-16-25)29(38)35-24-3-2-14-36(17-24)30(39)23-15-27(37)42-18-23/h6-11,16,19-20,23-24,28,41H,2-5,12-15,17-18H2,1H3,(H,34,40)(H,35,38)/t19-,23+,24-,28-/m0/s1. The van der Waals surface area contributed by atoms with E-state index in [9.17, 15) is 24.3 Å². The number of piperidine rings is 1. The summed E-state index contributed by atoms with van der Waals surface area (Å²) in [7, 11) is 0. The third kappa shape index (κ3) is 6.82. The van der Waals surface area contributed by atoms with Gasteiger partial charge in [0.25, 0.3) is 11.8 Å². The molecule has 2 saturated carbocycles. The molecule has 2 aliphatic heterocycles. The number of carbonyl (C=O) groups excluding carboxylic acids is 4. The quantitative estimate of drug-likeness (QED) is 0.358. The molecule has 2 saturated heterocycles. The van der Waals surface area contributed by atoms with Crippen molar-refractivity contribution in [2.45, 2.75) is 81.6 Å². The summed E-state index contributed by atoms with van der Waals surface area (Å²) in [5, 5.41) is 16.1. The molecule has 1 aromatic heterocycles.